The van der Waals surface area contributed by atoms with Crippen LogP contribution < -0.4 is 16.4 Å². The SMILES string of the molecule is Nc1onc2cccc(-c3ccc(NC(=O)Nc4ccc(F)cc4)cc3)c12. The summed E-state index contributed by atoms with van der Waals surface area (Å²) in [6.07, 6.45) is 0. The maximum atomic E-state index is 12.9. The van der Waals surface area contributed by atoms with Gasteiger partial charge in [-0.05, 0) is 53.6 Å². The maximum Gasteiger partial charge on any atom is 0.323 e. The Morgan fingerprint density at radius 1 is 0.926 bits per heavy atom. The Morgan fingerprint density at radius 2 is 1.56 bits per heavy atom. The lowest BCUT2D eigenvalue weighted by Gasteiger charge is -2.09. The first-order chi connectivity index (χ1) is 13.1. The molecule has 0 bridgehead atoms. The molecule has 0 radical (unpaired) electrons. The second-order valence-electron chi connectivity index (χ2n) is 5.91. The first kappa shape index (κ1) is 16.6. The average molecular weight is 362 g/mol. The molecule has 2 amide bonds. The molecule has 6 nitrogen and oxygen atoms in total. The van der Waals surface area contributed by atoms with Crippen molar-refractivity contribution in [1.29, 1.82) is 0 Å². The summed E-state index contributed by atoms with van der Waals surface area (Å²) in [4.78, 5) is 12.1. The van der Waals surface area contributed by atoms with Crippen LogP contribution in [0.2, 0.25) is 0 Å². The number of halogens is 1. The number of anilines is 3. The molecule has 0 saturated carbocycles. The third-order valence-electron chi connectivity index (χ3n) is 4.09. The van der Waals surface area contributed by atoms with Crippen LogP contribution in [0, 0.1) is 5.82 Å². The predicted octanol–water partition coefficient (Wildman–Crippen LogP) is 4.86. The zero-order chi connectivity index (χ0) is 18.8. The van der Waals surface area contributed by atoms with Crippen LogP contribution >= 0.6 is 0 Å². The molecular weight excluding hydrogens is 347 g/mol. The van der Waals surface area contributed by atoms with Gasteiger partial charge in [-0.1, -0.05) is 29.4 Å². The topological polar surface area (TPSA) is 93.2 Å². The number of carbonyl (C=O) groups is 1. The molecule has 1 aromatic heterocycles. The fraction of sp³-hybridized carbons (Fsp3) is 0. The minimum Gasteiger partial charge on any atom is -0.367 e. The van der Waals surface area contributed by atoms with Crippen molar-refractivity contribution in [3.05, 3.63) is 72.5 Å². The van der Waals surface area contributed by atoms with Gasteiger partial charge >= 0.3 is 6.03 Å². The number of nitrogens with zero attached hydrogens (tertiary/aromatic N) is 1. The molecule has 0 aliphatic carbocycles. The van der Waals surface area contributed by atoms with E-state index in [1.54, 1.807) is 12.1 Å². The van der Waals surface area contributed by atoms with Crippen molar-refractivity contribution in [2.24, 2.45) is 0 Å². The molecule has 0 spiro atoms. The van der Waals surface area contributed by atoms with Crippen LogP contribution in [0.25, 0.3) is 22.0 Å². The molecule has 0 saturated heterocycles. The molecule has 4 N–H and O–H groups in total. The van der Waals surface area contributed by atoms with Crippen molar-refractivity contribution < 1.29 is 13.7 Å². The first-order valence-electron chi connectivity index (χ1n) is 8.18. The van der Waals surface area contributed by atoms with Gasteiger partial charge in [-0.2, -0.15) is 0 Å². The summed E-state index contributed by atoms with van der Waals surface area (Å²) in [5.41, 5.74) is 9.49. The van der Waals surface area contributed by atoms with Crippen LogP contribution in [0.15, 0.2) is 71.3 Å². The number of hydrogen-bond donors (Lipinski definition) is 3. The average Bonchev–Trinajstić information content (AvgIpc) is 3.06. The highest BCUT2D eigenvalue weighted by atomic mass is 19.1. The van der Waals surface area contributed by atoms with Gasteiger partial charge < -0.3 is 20.9 Å². The number of urea groups is 1. The number of rotatable bonds is 3. The van der Waals surface area contributed by atoms with E-state index in [0.717, 1.165) is 16.5 Å². The number of hydrogen-bond acceptors (Lipinski definition) is 4. The molecule has 0 atom stereocenters. The van der Waals surface area contributed by atoms with E-state index in [2.05, 4.69) is 15.8 Å². The molecule has 4 aromatic rings. The fourth-order valence-corrected chi connectivity index (χ4v) is 2.82. The molecule has 27 heavy (non-hydrogen) atoms. The predicted molar refractivity (Wildman–Crippen MR) is 103 cm³/mol. The van der Waals surface area contributed by atoms with Crippen molar-refractivity contribution in [2.75, 3.05) is 16.4 Å². The number of aromatic nitrogens is 1. The minimum absolute atomic E-state index is 0.265. The lowest BCUT2D eigenvalue weighted by molar-refractivity contribution is 0.262. The quantitative estimate of drug-likeness (QED) is 0.485. The molecule has 0 aliphatic heterocycles. The van der Waals surface area contributed by atoms with Crippen LogP contribution in [-0.2, 0) is 0 Å². The number of amides is 2. The zero-order valence-corrected chi connectivity index (χ0v) is 14.1. The Hall–Kier alpha value is -3.87. The Morgan fingerprint density at radius 3 is 2.22 bits per heavy atom. The third kappa shape index (κ3) is 3.43. The van der Waals surface area contributed by atoms with Crippen molar-refractivity contribution in [3.63, 3.8) is 0 Å². The zero-order valence-electron chi connectivity index (χ0n) is 14.1. The molecule has 3 aromatic carbocycles. The molecule has 134 valence electrons. The summed E-state index contributed by atoms with van der Waals surface area (Å²) in [7, 11) is 0. The minimum atomic E-state index is -0.417. The highest BCUT2D eigenvalue weighted by Gasteiger charge is 2.11. The van der Waals surface area contributed by atoms with Gasteiger partial charge in [0.25, 0.3) is 0 Å². The van der Waals surface area contributed by atoms with E-state index in [1.807, 2.05) is 30.3 Å². The fourth-order valence-electron chi connectivity index (χ4n) is 2.82. The Labute approximate surface area is 153 Å². The van der Waals surface area contributed by atoms with E-state index < -0.39 is 6.03 Å². The van der Waals surface area contributed by atoms with E-state index in [4.69, 9.17) is 10.3 Å². The van der Waals surface area contributed by atoms with Gasteiger partial charge in [-0.25, -0.2) is 9.18 Å². The Balaban J connectivity index is 1.51. The highest BCUT2D eigenvalue weighted by Crippen LogP contribution is 2.32. The molecule has 0 unspecified atom stereocenters. The molecular formula is C20H15FN4O2. The monoisotopic (exact) mass is 362 g/mol. The van der Waals surface area contributed by atoms with Gasteiger partial charge in [-0.15, -0.1) is 0 Å². The summed E-state index contributed by atoms with van der Waals surface area (Å²) in [5.74, 6) is -0.0958. The second kappa shape index (κ2) is 6.80. The summed E-state index contributed by atoms with van der Waals surface area (Å²) in [6, 6.07) is 18.1. The summed E-state index contributed by atoms with van der Waals surface area (Å²) in [6.45, 7) is 0. The molecule has 0 fully saturated rings. The van der Waals surface area contributed by atoms with Gasteiger partial charge in [-0.3, -0.25) is 0 Å². The van der Waals surface area contributed by atoms with Crippen LogP contribution in [0.3, 0.4) is 0 Å². The summed E-state index contributed by atoms with van der Waals surface area (Å²) in [5, 5.41) is 10.0. The number of nitrogen functional groups attached to an aromatic ring is 1. The third-order valence-corrected chi connectivity index (χ3v) is 4.09. The number of benzene rings is 3. The van der Waals surface area contributed by atoms with Crippen molar-refractivity contribution in [3.8, 4) is 11.1 Å². The van der Waals surface area contributed by atoms with Gasteiger partial charge in [0.1, 0.15) is 11.3 Å². The number of fused-ring (bicyclic) bond motifs is 1. The molecule has 1 heterocycles. The van der Waals surface area contributed by atoms with Crippen molar-refractivity contribution in [1.82, 2.24) is 5.16 Å². The van der Waals surface area contributed by atoms with E-state index in [0.29, 0.717) is 16.9 Å². The normalized spacial score (nSPS) is 10.7. The van der Waals surface area contributed by atoms with Crippen LogP contribution in [0.5, 0.6) is 0 Å². The van der Waals surface area contributed by atoms with E-state index in [9.17, 15) is 9.18 Å². The van der Waals surface area contributed by atoms with E-state index >= 15 is 0 Å². The Kier molecular flexibility index (Phi) is 4.18. The van der Waals surface area contributed by atoms with Crippen LogP contribution in [0.1, 0.15) is 0 Å². The van der Waals surface area contributed by atoms with Gasteiger partial charge in [0.05, 0.1) is 5.39 Å². The summed E-state index contributed by atoms with van der Waals surface area (Å²) >= 11 is 0. The highest BCUT2D eigenvalue weighted by molar-refractivity contribution is 6.02. The van der Waals surface area contributed by atoms with Crippen molar-refractivity contribution in [2.45, 2.75) is 0 Å². The second-order valence-corrected chi connectivity index (χ2v) is 5.91. The van der Waals surface area contributed by atoms with Gasteiger partial charge in [0.15, 0.2) is 0 Å². The standard InChI is InChI=1S/C20H15FN4O2/c21-13-6-10-15(11-7-13)24-20(26)23-14-8-4-12(5-9-14)16-2-1-3-17-18(16)19(22)27-25-17/h1-11H,22H2,(H2,23,24,26). The maximum absolute atomic E-state index is 12.9. The summed E-state index contributed by atoms with van der Waals surface area (Å²) < 4.78 is 18.0. The Bertz CT molecular complexity index is 1110. The number of nitrogens with one attached hydrogen (secondary N) is 2. The number of nitrogens with two attached hydrogens (primary N) is 1. The first-order valence-corrected chi connectivity index (χ1v) is 8.18. The lowest BCUT2D eigenvalue weighted by Crippen LogP contribution is -2.19. The van der Waals surface area contributed by atoms with Crippen LogP contribution in [0.4, 0.5) is 26.4 Å². The van der Waals surface area contributed by atoms with Crippen molar-refractivity contribution >= 4 is 34.2 Å². The number of carbonyl (C=O) groups excluding carboxylic acids is 1. The largest absolute Gasteiger partial charge is 0.367 e. The lowest BCUT2D eigenvalue weighted by atomic mass is 10.0. The molecule has 7 heteroatoms. The van der Waals surface area contributed by atoms with E-state index in [-0.39, 0.29) is 11.7 Å². The smallest absolute Gasteiger partial charge is 0.323 e. The molecule has 0 aliphatic rings. The molecule has 4 rings (SSSR count). The van der Waals surface area contributed by atoms with Gasteiger partial charge in [0, 0.05) is 11.4 Å². The van der Waals surface area contributed by atoms with Gasteiger partial charge in [0.2, 0.25) is 5.88 Å². The van der Waals surface area contributed by atoms with E-state index in [1.165, 1.54) is 24.3 Å². The van der Waals surface area contributed by atoms with Crippen LogP contribution in [-0.4, -0.2) is 11.2 Å².